The van der Waals surface area contributed by atoms with Crippen molar-refractivity contribution in [3.05, 3.63) is 102 Å². The van der Waals surface area contributed by atoms with Gasteiger partial charge >= 0.3 is 5.97 Å². The van der Waals surface area contributed by atoms with Gasteiger partial charge in [0.2, 0.25) is 0 Å². The molecule has 0 aliphatic carbocycles. The second-order valence-electron chi connectivity index (χ2n) is 8.09. The summed E-state index contributed by atoms with van der Waals surface area (Å²) in [7, 11) is 0. The number of amides is 1. The Morgan fingerprint density at radius 1 is 0.941 bits per heavy atom. The van der Waals surface area contributed by atoms with Gasteiger partial charge in [-0.2, -0.15) is 5.10 Å². The van der Waals surface area contributed by atoms with Crippen molar-refractivity contribution in [1.29, 1.82) is 0 Å². The van der Waals surface area contributed by atoms with Crippen molar-refractivity contribution in [2.75, 3.05) is 11.9 Å². The first-order valence-electron chi connectivity index (χ1n) is 11.3. The molecule has 1 N–H and O–H groups in total. The summed E-state index contributed by atoms with van der Waals surface area (Å²) in [6.45, 7) is 3.91. The predicted octanol–water partition coefficient (Wildman–Crippen LogP) is 5.85. The number of benzene rings is 3. The first-order valence-corrected chi connectivity index (χ1v) is 11.3. The molecular weight excluding hydrogens is 426 g/mol. The molecule has 0 aliphatic rings. The Morgan fingerprint density at radius 3 is 2.24 bits per heavy atom. The number of rotatable bonds is 8. The summed E-state index contributed by atoms with van der Waals surface area (Å²) in [5.41, 5.74) is 4.27. The molecule has 0 fully saturated rings. The normalized spacial score (nSPS) is 11.6. The molecule has 1 amide bonds. The maximum atomic E-state index is 12.9. The lowest BCUT2D eigenvalue weighted by Gasteiger charge is -2.10. The summed E-state index contributed by atoms with van der Waals surface area (Å²) >= 11 is 0. The summed E-state index contributed by atoms with van der Waals surface area (Å²) in [4.78, 5) is 25.3. The largest absolute Gasteiger partial charge is 0.452 e. The van der Waals surface area contributed by atoms with Gasteiger partial charge in [0.05, 0.1) is 5.69 Å². The number of ether oxygens (including phenoxy) is 1. The van der Waals surface area contributed by atoms with Crippen LogP contribution in [-0.4, -0.2) is 28.3 Å². The number of anilines is 1. The molecule has 4 rings (SSSR count). The van der Waals surface area contributed by atoms with Gasteiger partial charge < -0.3 is 10.1 Å². The molecule has 6 nitrogen and oxygen atoms in total. The lowest BCUT2D eigenvalue weighted by atomic mass is 9.99. The molecule has 172 valence electrons. The van der Waals surface area contributed by atoms with Gasteiger partial charge in [-0.3, -0.25) is 4.79 Å². The van der Waals surface area contributed by atoms with Crippen LogP contribution in [0.4, 0.5) is 5.69 Å². The van der Waals surface area contributed by atoms with Crippen molar-refractivity contribution in [2.45, 2.75) is 26.2 Å². The van der Waals surface area contributed by atoms with Crippen LogP contribution in [0.2, 0.25) is 0 Å². The monoisotopic (exact) mass is 453 g/mol. The second-order valence-corrected chi connectivity index (χ2v) is 8.09. The minimum atomic E-state index is -0.608. The molecular formula is C28H27N3O3. The van der Waals surface area contributed by atoms with Crippen LogP contribution in [0, 0.1) is 0 Å². The van der Waals surface area contributed by atoms with Crippen molar-refractivity contribution in [1.82, 2.24) is 9.78 Å². The molecule has 0 saturated carbocycles. The number of para-hydroxylation sites is 1. The van der Waals surface area contributed by atoms with E-state index in [0.717, 1.165) is 17.7 Å². The van der Waals surface area contributed by atoms with Crippen LogP contribution in [0.3, 0.4) is 0 Å². The topological polar surface area (TPSA) is 73.2 Å². The van der Waals surface area contributed by atoms with Crippen LogP contribution in [0.1, 0.15) is 42.1 Å². The lowest BCUT2D eigenvalue weighted by Crippen LogP contribution is -2.21. The number of esters is 1. The fraction of sp³-hybridized carbons (Fsp3) is 0.179. The van der Waals surface area contributed by atoms with Gasteiger partial charge in [0.25, 0.3) is 5.91 Å². The molecule has 6 heteroatoms. The molecule has 0 saturated heterocycles. The van der Waals surface area contributed by atoms with E-state index in [4.69, 9.17) is 4.74 Å². The maximum absolute atomic E-state index is 12.9. The SMILES string of the molecule is CC[C@H](C)c1ccc(NC(=O)COC(=O)c2cn(-c3ccccc3)nc2-c2ccccc2)cc1. The zero-order valence-corrected chi connectivity index (χ0v) is 19.3. The number of hydrogen-bond acceptors (Lipinski definition) is 4. The van der Waals surface area contributed by atoms with Gasteiger partial charge in [-0.15, -0.1) is 0 Å². The Morgan fingerprint density at radius 2 is 1.59 bits per heavy atom. The van der Waals surface area contributed by atoms with Crippen molar-refractivity contribution < 1.29 is 14.3 Å². The Hall–Kier alpha value is -4.19. The standard InChI is InChI=1S/C28H27N3O3/c1-3-20(2)21-14-16-23(17-15-21)29-26(32)19-34-28(33)25-18-31(24-12-8-5-9-13-24)30-27(25)22-10-6-4-7-11-22/h4-18,20H,3,19H2,1-2H3,(H,29,32)/t20-/m0/s1. The predicted molar refractivity (Wildman–Crippen MR) is 133 cm³/mol. The summed E-state index contributed by atoms with van der Waals surface area (Å²) in [5.74, 6) is -0.550. The third kappa shape index (κ3) is 5.41. The summed E-state index contributed by atoms with van der Waals surface area (Å²) < 4.78 is 6.99. The number of nitrogens with one attached hydrogen (secondary N) is 1. The van der Waals surface area contributed by atoms with Crippen LogP contribution in [0.25, 0.3) is 16.9 Å². The minimum absolute atomic E-state index is 0.292. The van der Waals surface area contributed by atoms with Gasteiger partial charge in [0.1, 0.15) is 11.3 Å². The van der Waals surface area contributed by atoms with E-state index >= 15 is 0 Å². The molecule has 1 heterocycles. The number of aromatic nitrogens is 2. The molecule has 3 aromatic carbocycles. The molecule has 0 bridgehead atoms. The van der Waals surface area contributed by atoms with E-state index in [1.807, 2.05) is 84.9 Å². The molecule has 0 spiro atoms. The van der Waals surface area contributed by atoms with Gasteiger partial charge in [-0.25, -0.2) is 9.48 Å². The third-order valence-electron chi connectivity index (χ3n) is 5.71. The van der Waals surface area contributed by atoms with Crippen LogP contribution >= 0.6 is 0 Å². The third-order valence-corrected chi connectivity index (χ3v) is 5.71. The van der Waals surface area contributed by atoms with Crippen molar-refractivity contribution in [2.24, 2.45) is 0 Å². The highest BCUT2D eigenvalue weighted by Gasteiger charge is 2.21. The average molecular weight is 454 g/mol. The summed E-state index contributed by atoms with van der Waals surface area (Å²) in [6, 6.07) is 26.7. The van der Waals surface area contributed by atoms with Crippen LogP contribution in [-0.2, 0) is 9.53 Å². The van der Waals surface area contributed by atoms with Crippen LogP contribution in [0.15, 0.2) is 91.1 Å². The highest BCUT2D eigenvalue weighted by molar-refractivity contribution is 5.98. The maximum Gasteiger partial charge on any atom is 0.342 e. The highest BCUT2D eigenvalue weighted by atomic mass is 16.5. The van der Waals surface area contributed by atoms with Crippen molar-refractivity contribution in [3.63, 3.8) is 0 Å². The van der Waals surface area contributed by atoms with E-state index in [1.165, 1.54) is 5.56 Å². The minimum Gasteiger partial charge on any atom is -0.452 e. The second kappa shape index (κ2) is 10.6. The number of nitrogens with zero attached hydrogens (tertiary/aromatic N) is 2. The van der Waals surface area contributed by atoms with Crippen LogP contribution in [0.5, 0.6) is 0 Å². The van der Waals surface area contributed by atoms with E-state index in [0.29, 0.717) is 22.9 Å². The molecule has 1 aromatic heterocycles. The van der Waals surface area contributed by atoms with Crippen LogP contribution < -0.4 is 5.32 Å². The number of hydrogen-bond donors (Lipinski definition) is 1. The number of carbonyl (C=O) groups is 2. The molecule has 0 unspecified atom stereocenters. The highest BCUT2D eigenvalue weighted by Crippen LogP contribution is 2.24. The molecule has 0 aliphatic heterocycles. The first kappa shape index (κ1) is 23.0. The summed E-state index contributed by atoms with van der Waals surface area (Å²) in [5, 5.41) is 7.38. The van der Waals surface area contributed by atoms with Gasteiger partial charge in [-0.1, -0.05) is 74.5 Å². The lowest BCUT2D eigenvalue weighted by molar-refractivity contribution is -0.119. The smallest absolute Gasteiger partial charge is 0.342 e. The Kier molecular flexibility index (Phi) is 7.18. The Balaban J connectivity index is 1.47. The number of carbonyl (C=O) groups excluding carboxylic acids is 2. The zero-order valence-electron chi connectivity index (χ0n) is 19.3. The first-order chi connectivity index (χ1) is 16.5. The van der Waals surface area contributed by atoms with E-state index in [9.17, 15) is 9.59 Å². The van der Waals surface area contributed by atoms with Crippen molar-refractivity contribution in [3.8, 4) is 16.9 Å². The molecule has 1 atom stereocenters. The van der Waals surface area contributed by atoms with E-state index in [2.05, 4.69) is 24.3 Å². The quantitative estimate of drug-likeness (QED) is 0.340. The molecule has 4 aromatic rings. The molecule has 34 heavy (non-hydrogen) atoms. The average Bonchev–Trinajstić information content (AvgIpc) is 3.34. The molecule has 0 radical (unpaired) electrons. The van der Waals surface area contributed by atoms with E-state index < -0.39 is 18.5 Å². The zero-order chi connectivity index (χ0) is 23.9. The van der Waals surface area contributed by atoms with Gasteiger partial charge in [0.15, 0.2) is 6.61 Å². The fourth-order valence-corrected chi connectivity index (χ4v) is 3.58. The van der Waals surface area contributed by atoms with E-state index in [1.54, 1.807) is 10.9 Å². The van der Waals surface area contributed by atoms with Gasteiger partial charge in [0, 0.05) is 17.4 Å². The fourth-order valence-electron chi connectivity index (χ4n) is 3.58. The van der Waals surface area contributed by atoms with Crippen molar-refractivity contribution >= 4 is 17.6 Å². The Bertz CT molecular complexity index is 1250. The summed E-state index contributed by atoms with van der Waals surface area (Å²) in [6.07, 6.45) is 2.68. The van der Waals surface area contributed by atoms with Gasteiger partial charge in [-0.05, 0) is 42.2 Å². The Labute approximate surface area is 199 Å². The van der Waals surface area contributed by atoms with E-state index in [-0.39, 0.29) is 0 Å².